The monoisotopic (exact) mass is 247 g/mol. The van der Waals surface area contributed by atoms with E-state index < -0.39 is 0 Å². The van der Waals surface area contributed by atoms with Crippen molar-refractivity contribution in [3.05, 3.63) is 40.5 Å². The van der Waals surface area contributed by atoms with E-state index in [1.54, 1.807) is 0 Å². The van der Waals surface area contributed by atoms with Gasteiger partial charge in [0.25, 0.3) is 0 Å². The zero-order valence-electron chi connectivity index (χ0n) is 9.37. The molecule has 6 heteroatoms. The lowest BCUT2D eigenvalue weighted by Crippen LogP contribution is -2.24. The van der Waals surface area contributed by atoms with Crippen molar-refractivity contribution in [2.45, 2.75) is 6.92 Å². The Morgan fingerprint density at radius 3 is 2.53 bits per heavy atom. The zero-order valence-corrected chi connectivity index (χ0v) is 10.2. The summed E-state index contributed by atoms with van der Waals surface area (Å²) in [5.41, 5.74) is 2.05. The predicted molar refractivity (Wildman–Crippen MR) is 70.2 cm³/mol. The third-order valence-corrected chi connectivity index (χ3v) is 3.24. The minimum absolute atomic E-state index is 0.648. The Balaban J connectivity index is 2.69. The summed E-state index contributed by atoms with van der Waals surface area (Å²) in [6, 6.07) is 9.96. The number of hydrazone groups is 1. The molecule has 0 radical (unpaired) electrons. The van der Waals surface area contributed by atoms with Crippen molar-refractivity contribution < 1.29 is 0 Å². The molecule has 17 heavy (non-hydrogen) atoms. The molecular formula is C11H13N5S. The molecule has 5 nitrogen and oxygen atoms in total. The molecule has 0 spiro atoms. The third-order valence-electron chi connectivity index (χ3n) is 2.40. The summed E-state index contributed by atoms with van der Waals surface area (Å²) >= 11 is 1.45. The van der Waals surface area contributed by atoms with E-state index in [0.717, 1.165) is 11.3 Å². The van der Waals surface area contributed by atoms with Crippen LogP contribution in [0.1, 0.15) is 6.92 Å². The van der Waals surface area contributed by atoms with Gasteiger partial charge in [-0.2, -0.15) is 10.2 Å². The van der Waals surface area contributed by atoms with Crippen LogP contribution in [0.15, 0.2) is 45.9 Å². The lowest BCUT2D eigenvalue weighted by molar-refractivity contribution is 0.994. The molecule has 0 unspecified atom stereocenters. The molecule has 0 atom stereocenters. The summed E-state index contributed by atoms with van der Waals surface area (Å²) in [6.45, 7) is 1.81. The molecule has 0 aliphatic heterocycles. The fourth-order valence-electron chi connectivity index (χ4n) is 1.58. The maximum Gasteiger partial charge on any atom is 0.213 e. The lowest BCUT2D eigenvalue weighted by atomic mass is 10.2. The SMILES string of the molecule is C/C(=N\N)n1c(-c2ccccc2)cs/c1=N/N. The number of nitrogens with zero attached hydrogens (tertiary/aromatic N) is 3. The van der Waals surface area contributed by atoms with Crippen LogP contribution in [0.2, 0.25) is 0 Å². The quantitative estimate of drug-likeness (QED) is 0.343. The maximum absolute atomic E-state index is 5.35. The predicted octanol–water partition coefficient (Wildman–Crippen LogP) is 1.13. The highest BCUT2D eigenvalue weighted by molar-refractivity contribution is 7.07. The van der Waals surface area contributed by atoms with Gasteiger partial charge in [-0.1, -0.05) is 30.3 Å². The van der Waals surface area contributed by atoms with Crippen LogP contribution in [0.5, 0.6) is 0 Å². The molecular weight excluding hydrogens is 234 g/mol. The molecule has 1 aromatic carbocycles. The first-order chi connectivity index (χ1) is 8.27. The molecule has 0 amide bonds. The van der Waals surface area contributed by atoms with E-state index in [4.69, 9.17) is 11.7 Å². The van der Waals surface area contributed by atoms with Crippen molar-refractivity contribution >= 4 is 17.2 Å². The van der Waals surface area contributed by atoms with Crippen LogP contribution in [0.3, 0.4) is 0 Å². The number of thiazole rings is 1. The normalized spacial score (nSPS) is 13.0. The molecule has 0 aliphatic rings. The highest BCUT2D eigenvalue weighted by Crippen LogP contribution is 2.19. The third kappa shape index (κ3) is 2.07. The van der Waals surface area contributed by atoms with Gasteiger partial charge in [0.05, 0.1) is 5.69 Å². The second-order valence-electron chi connectivity index (χ2n) is 3.41. The van der Waals surface area contributed by atoms with Gasteiger partial charge < -0.3 is 11.7 Å². The largest absolute Gasteiger partial charge is 0.322 e. The minimum Gasteiger partial charge on any atom is -0.322 e. The van der Waals surface area contributed by atoms with Gasteiger partial charge in [-0.25, -0.2) is 0 Å². The van der Waals surface area contributed by atoms with E-state index in [0.29, 0.717) is 10.6 Å². The Bertz CT molecular complexity index is 594. The summed E-state index contributed by atoms with van der Waals surface area (Å²) < 4.78 is 1.83. The second kappa shape index (κ2) is 4.84. The number of nitrogens with two attached hydrogens (primary N) is 2. The van der Waals surface area contributed by atoms with Gasteiger partial charge >= 0.3 is 0 Å². The van der Waals surface area contributed by atoms with E-state index >= 15 is 0 Å². The van der Waals surface area contributed by atoms with Gasteiger partial charge in [0, 0.05) is 5.38 Å². The number of rotatable bonds is 1. The number of benzene rings is 1. The highest BCUT2D eigenvalue weighted by Gasteiger charge is 2.09. The maximum atomic E-state index is 5.35. The Morgan fingerprint density at radius 2 is 1.94 bits per heavy atom. The van der Waals surface area contributed by atoms with Gasteiger partial charge in [-0.05, 0) is 12.5 Å². The smallest absolute Gasteiger partial charge is 0.213 e. The lowest BCUT2D eigenvalue weighted by Gasteiger charge is -2.06. The molecule has 0 bridgehead atoms. The Hall–Kier alpha value is -2.08. The van der Waals surface area contributed by atoms with Gasteiger partial charge in [0.1, 0.15) is 5.84 Å². The first kappa shape index (κ1) is 11.4. The molecule has 2 rings (SSSR count). The first-order valence-corrected chi connectivity index (χ1v) is 5.90. The van der Waals surface area contributed by atoms with Gasteiger partial charge in [0.2, 0.25) is 4.80 Å². The molecule has 0 aliphatic carbocycles. The van der Waals surface area contributed by atoms with E-state index in [2.05, 4.69) is 10.2 Å². The van der Waals surface area contributed by atoms with Crippen LogP contribution in [-0.4, -0.2) is 10.4 Å². The molecule has 1 aromatic heterocycles. The van der Waals surface area contributed by atoms with Crippen molar-refractivity contribution in [1.29, 1.82) is 0 Å². The molecule has 4 N–H and O–H groups in total. The fraction of sp³-hybridized carbons (Fsp3) is 0.0909. The van der Waals surface area contributed by atoms with Crippen LogP contribution in [0.4, 0.5) is 0 Å². The van der Waals surface area contributed by atoms with E-state index in [-0.39, 0.29) is 0 Å². The Morgan fingerprint density at radius 1 is 1.24 bits per heavy atom. The van der Waals surface area contributed by atoms with Crippen LogP contribution >= 0.6 is 11.3 Å². The topological polar surface area (TPSA) is 81.7 Å². The van der Waals surface area contributed by atoms with Crippen molar-refractivity contribution in [3.8, 4) is 11.3 Å². The van der Waals surface area contributed by atoms with Crippen molar-refractivity contribution in [1.82, 2.24) is 4.57 Å². The van der Waals surface area contributed by atoms with Gasteiger partial charge in [-0.15, -0.1) is 11.3 Å². The molecule has 1 heterocycles. The van der Waals surface area contributed by atoms with Crippen LogP contribution < -0.4 is 16.5 Å². The van der Waals surface area contributed by atoms with Crippen LogP contribution in [0.25, 0.3) is 11.3 Å². The number of hydrogen-bond donors (Lipinski definition) is 2. The van der Waals surface area contributed by atoms with Crippen LogP contribution in [0, 0.1) is 0 Å². The van der Waals surface area contributed by atoms with Gasteiger partial charge in [-0.3, -0.25) is 4.57 Å². The Kier molecular flexibility index (Phi) is 3.24. The average molecular weight is 247 g/mol. The van der Waals surface area contributed by atoms with E-state index in [9.17, 15) is 0 Å². The van der Waals surface area contributed by atoms with Crippen molar-refractivity contribution in [3.63, 3.8) is 0 Å². The van der Waals surface area contributed by atoms with Crippen molar-refractivity contribution in [2.75, 3.05) is 0 Å². The van der Waals surface area contributed by atoms with Crippen molar-refractivity contribution in [2.24, 2.45) is 21.9 Å². The molecule has 0 saturated heterocycles. The highest BCUT2D eigenvalue weighted by atomic mass is 32.1. The summed E-state index contributed by atoms with van der Waals surface area (Å²) in [6.07, 6.45) is 0. The van der Waals surface area contributed by atoms with E-state index in [1.165, 1.54) is 11.3 Å². The zero-order chi connectivity index (χ0) is 12.3. The Labute approximate surface area is 103 Å². The summed E-state index contributed by atoms with van der Waals surface area (Å²) in [7, 11) is 0. The summed E-state index contributed by atoms with van der Waals surface area (Å²) in [4.78, 5) is 0.663. The fourth-order valence-corrected chi connectivity index (χ4v) is 2.44. The standard InChI is InChI=1S/C11H13N5S/c1-8(14-12)16-10(7-17-11(16)15-13)9-5-3-2-4-6-9/h2-7H,12-13H2,1H3/b14-8+,15-11+. The van der Waals surface area contributed by atoms with E-state index in [1.807, 2.05) is 47.2 Å². The number of aromatic nitrogens is 1. The average Bonchev–Trinajstić information content (AvgIpc) is 2.82. The number of hydrogen-bond acceptors (Lipinski definition) is 5. The van der Waals surface area contributed by atoms with Crippen LogP contribution in [-0.2, 0) is 0 Å². The second-order valence-corrected chi connectivity index (χ2v) is 4.25. The minimum atomic E-state index is 0.648. The summed E-state index contributed by atoms with van der Waals surface area (Å²) in [5, 5.41) is 9.41. The first-order valence-electron chi connectivity index (χ1n) is 5.02. The molecule has 0 fully saturated rings. The molecule has 0 saturated carbocycles. The molecule has 2 aromatic rings. The van der Waals surface area contributed by atoms with Gasteiger partial charge in [0.15, 0.2) is 0 Å². The summed E-state index contributed by atoms with van der Waals surface area (Å²) in [5.74, 6) is 11.3. The molecule has 88 valence electrons.